The first kappa shape index (κ1) is 15.7. The average molecular weight is 285 g/mol. The van der Waals surface area contributed by atoms with Gasteiger partial charge >= 0.3 is 5.97 Å². The van der Waals surface area contributed by atoms with Crippen LogP contribution in [0.4, 0.5) is 0 Å². The van der Waals surface area contributed by atoms with Crippen LogP contribution in [0.15, 0.2) is 24.3 Å². The van der Waals surface area contributed by atoms with Crippen molar-refractivity contribution in [2.75, 3.05) is 0 Å². The Morgan fingerprint density at radius 1 is 1.26 bits per heavy atom. The summed E-state index contributed by atoms with van der Waals surface area (Å²) in [5.74, 6) is -1.36. The fourth-order valence-corrected chi connectivity index (χ4v) is 2.69. The van der Waals surface area contributed by atoms with Gasteiger partial charge in [-0.25, -0.2) is 13.1 Å². The summed E-state index contributed by atoms with van der Waals surface area (Å²) in [4.78, 5) is 10.7. The summed E-state index contributed by atoms with van der Waals surface area (Å²) in [6.07, 6.45) is 0.913. The maximum absolute atomic E-state index is 11.8. The number of nitrogens with one attached hydrogen (secondary N) is 1. The molecule has 1 aromatic carbocycles. The van der Waals surface area contributed by atoms with Crippen molar-refractivity contribution >= 4 is 16.0 Å². The molecule has 0 amide bonds. The van der Waals surface area contributed by atoms with Crippen molar-refractivity contribution in [3.63, 3.8) is 0 Å². The molecule has 0 bridgehead atoms. The number of aryl methyl sites for hydroxylation is 1. The molecule has 2 unspecified atom stereocenters. The number of carboxylic acids is 1. The highest BCUT2D eigenvalue weighted by atomic mass is 32.2. The summed E-state index contributed by atoms with van der Waals surface area (Å²) in [5.41, 5.74) is 1.97. The Labute approximate surface area is 113 Å². The molecule has 19 heavy (non-hydrogen) atoms. The van der Waals surface area contributed by atoms with E-state index in [1.807, 2.05) is 31.2 Å². The number of hydrogen-bond acceptors (Lipinski definition) is 3. The summed E-state index contributed by atoms with van der Waals surface area (Å²) in [6.45, 7) is 4.88. The molecular formula is C13H19NO4S. The van der Waals surface area contributed by atoms with Crippen LogP contribution in [0.1, 0.15) is 37.9 Å². The van der Waals surface area contributed by atoms with Crippen molar-refractivity contribution in [3.8, 4) is 0 Å². The number of hydrogen-bond donors (Lipinski definition) is 2. The van der Waals surface area contributed by atoms with E-state index in [2.05, 4.69) is 4.72 Å². The second-order valence-electron chi connectivity index (χ2n) is 4.46. The van der Waals surface area contributed by atoms with E-state index in [4.69, 9.17) is 5.11 Å². The van der Waals surface area contributed by atoms with Crippen molar-refractivity contribution in [1.29, 1.82) is 0 Å². The van der Waals surface area contributed by atoms with Gasteiger partial charge < -0.3 is 5.11 Å². The first-order chi connectivity index (χ1) is 8.77. The van der Waals surface area contributed by atoms with E-state index in [9.17, 15) is 13.2 Å². The third-order valence-corrected chi connectivity index (χ3v) is 4.86. The summed E-state index contributed by atoms with van der Waals surface area (Å²) in [6, 6.07) is 7.09. The first-order valence-electron chi connectivity index (χ1n) is 6.10. The molecule has 5 nitrogen and oxygen atoms in total. The lowest BCUT2D eigenvalue weighted by atomic mass is 10.1. The third kappa shape index (κ3) is 4.04. The largest absolute Gasteiger partial charge is 0.480 e. The molecule has 1 rings (SSSR count). The Kier molecular flexibility index (Phi) is 5.08. The molecule has 0 aromatic heterocycles. The molecule has 106 valence electrons. The molecule has 2 atom stereocenters. The van der Waals surface area contributed by atoms with E-state index in [1.54, 1.807) is 6.92 Å². The molecule has 0 saturated heterocycles. The summed E-state index contributed by atoms with van der Waals surface area (Å²) < 4.78 is 26.0. The van der Waals surface area contributed by atoms with E-state index in [0.29, 0.717) is 0 Å². The van der Waals surface area contributed by atoms with E-state index in [0.717, 1.165) is 24.5 Å². The van der Waals surface area contributed by atoms with Crippen LogP contribution < -0.4 is 4.72 Å². The van der Waals surface area contributed by atoms with E-state index in [-0.39, 0.29) is 0 Å². The zero-order valence-corrected chi connectivity index (χ0v) is 12.1. The SMILES string of the molecule is CCc1ccc(C(C)NS(=O)(=O)C(C)C(=O)O)cc1. The average Bonchev–Trinajstić information content (AvgIpc) is 2.37. The van der Waals surface area contributed by atoms with E-state index < -0.39 is 27.3 Å². The Hall–Kier alpha value is -1.40. The van der Waals surface area contributed by atoms with Crippen molar-refractivity contribution in [1.82, 2.24) is 4.72 Å². The Morgan fingerprint density at radius 3 is 2.21 bits per heavy atom. The molecule has 0 aliphatic carbocycles. The third-order valence-electron chi connectivity index (χ3n) is 3.04. The lowest BCUT2D eigenvalue weighted by Gasteiger charge is -2.17. The van der Waals surface area contributed by atoms with Gasteiger partial charge in [-0.05, 0) is 31.4 Å². The minimum atomic E-state index is -3.87. The second-order valence-corrected chi connectivity index (χ2v) is 6.49. The van der Waals surface area contributed by atoms with E-state index in [1.165, 1.54) is 0 Å². The molecule has 0 spiro atoms. The van der Waals surface area contributed by atoms with Crippen LogP contribution in [0.5, 0.6) is 0 Å². The predicted molar refractivity (Wildman–Crippen MR) is 73.4 cm³/mol. The highest BCUT2D eigenvalue weighted by Crippen LogP contribution is 2.16. The minimum absolute atomic E-state index is 0.460. The molecule has 0 aliphatic heterocycles. The molecule has 0 heterocycles. The summed E-state index contributed by atoms with van der Waals surface area (Å²) in [5, 5.41) is 7.28. The van der Waals surface area contributed by atoms with Crippen LogP contribution in [0, 0.1) is 0 Å². The zero-order valence-electron chi connectivity index (χ0n) is 11.3. The fraction of sp³-hybridized carbons (Fsp3) is 0.462. The van der Waals surface area contributed by atoms with Crippen molar-refractivity contribution < 1.29 is 18.3 Å². The number of benzene rings is 1. The number of carboxylic acid groups (broad SMARTS) is 1. The molecule has 0 fully saturated rings. The standard InChI is InChI=1S/C13H19NO4S/c1-4-11-5-7-12(8-6-11)9(2)14-19(17,18)10(3)13(15)16/h5-10,14H,4H2,1-3H3,(H,15,16). The smallest absolute Gasteiger partial charge is 0.323 e. The first-order valence-corrected chi connectivity index (χ1v) is 7.65. The van der Waals surface area contributed by atoms with Gasteiger partial charge in [-0.15, -0.1) is 0 Å². The van der Waals surface area contributed by atoms with Crippen LogP contribution in [0.3, 0.4) is 0 Å². The number of sulfonamides is 1. The van der Waals surface area contributed by atoms with Gasteiger partial charge in [0.25, 0.3) is 0 Å². The monoisotopic (exact) mass is 285 g/mol. The highest BCUT2D eigenvalue weighted by Gasteiger charge is 2.29. The Balaban J connectivity index is 2.84. The molecule has 0 radical (unpaired) electrons. The fourth-order valence-electron chi connectivity index (χ4n) is 1.59. The molecule has 6 heteroatoms. The predicted octanol–water partition coefficient (Wildman–Crippen LogP) is 1.70. The summed E-state index contributed by atoms with van der Waals surface area (Å²) >= 11 is 0. The van der Waals surface area contributed by atoms with Gasteiger partial charge in [-0.2, -0.15) is 0 Å². The quantitative estimate of drug-likeness (QED) is 0.833. The van der Waals surface area contributed by atoms with Crippen molar-refractivity contribution in [2.24, 2.45) is 0 Å². The molecule has 1 aromatic rings. The van der Waals surface area contributed by atoms with Gasteiger partial charge in [0.1, 0.15) is 0 Å². The van der Waals surface area contributed by atoms with Gasteiger partial charge in [-0.3, -0.25) is 4.79 Å². The lowest BCUT2D eigenvalue weighted by molar-refractivity contribution is -0.136. The van der Waals surface area contributed by atoms with Crippen molar-refractivity contribution in [3.05, 3.63) is 35.4 Å². The Bertz CT molecular complexity index is 536. The summed E-state index contributed by atoms with van der Waals surface area (Å²) in [7, 11) is -3.87. The lowest BCUT2D eigenvalue weighted by Crippen LogP contribution is -2.38. The normalized spacial score (nSPS) is 14.9. The maximum atomic E-state index is 11.8. The van der Waals surface area contributed by atoms with Crippen molar-refractivity contribution in [2.45, 2.75) is 38.5 Å². The minimum Gasteiger partial charge on any atom is -0.480 e. The van der Waals surface area contributed by atoms with Crippen LogP contribution in [0.25, 0.3) is 0 Å². The number of aliphatic carboxylic acids is 1. The number of carbonyl (C=O) groups is 1. The van der Waals surface area contributed by atoms with Crippen LogP contribution in [-0.2, 0) is 21.2 Å². The topological polar surface area (TPSA) is 83.5 Å². The zero-order chi connectivity index (χ0) is 14.6. The Morgan fingerprint density at radius 2 is 1.79 bits per heavy atom. The second kappa shape index (κ2) is 6.16. The molecule has 0 saturated carbocycles. The highest BCUT2D eigenvalue weighted by molar-refractivity contribution is 7.90. The van der Waals surface area contributed by atoms with Gasteiger partial charge in [0.15, 0.2) is 5.25 Å². The maximum Gasteiger partial charge on any atom is 0.323 e. The van der Waals surface area contributed by atoms with Gasteiger partial charge in [0.05, 0.1) is 0 Å². The van der Waals surface area contributed by atoms with E-state index >= 15 is 0 Å². The molecule has 2 N–H and O–H groups in total. The number of rotatable bonds is 6. The van der Waals surface area contributed by atoms with Crippen LogP contribution >= 0.6 is 0 Å². The van der Waals surface area contributed by atoms with Gasteiger partial charge in [0.2, 0.25) is 10.0 Å². The van der Waals surface area contributed by atoms with Crippen LogP contribution in [-0.4, -0.2) is 24.7 Å². The van der Waals surface area contributed by atoms with Gasteiger partial charge in [-0.1, -0.05) is 31.2 Å². The molecule has 0 aliphatic rings. The van der Waals surface area contributed by atoms with Crippen LogP contribution in [0.2, 0.25) is 0 Å². The van der Waals surface area contributed by atoms with Gasteiger partial charge in [0, 0.05) is 6.04 Å². The molecular weight excluding hydrogens is 266 g/mol.